The van der Waals surface area contributed by atoms with Crippen LogP contribution in [-0.2, 0) is 4.79 Å². The zero-order valence-corrected chi connectivity index (χ0v) is 9.86. The summed E-state index contributed by atoms with van der Waals surface area (Å²) in [6.45, 7) is 4.08. The van der Waals surface area contributed by atoms with Gasteiger partial charge in [-0.2, -0.15) is 4.98 Å². The smallest absolute Gasteiger partial charge is 0.226 e. The summed E-state index contributed by atoms with van der Waals surface area (Å²) in [4.78, 5) is 15.4. The molecule has 0 aliphatic rings. The van der Waals surface area contributed by atoms with E-state index >= 15 is 0 Å². The van der Waals surface area contributed by atoms with E-state index in [9.17, 15) is 4.79 Å². The van der Waals surface area contributed by atoms with E-state index in [1.807, 2.05) is 6.92 Å². The van der Waals surface area contributed by atoms with Gasteiger partial charge in [0, 0.05) is 6.42 Å². The van der Waals surface area contributed by atoms with Crippen molar-refractivity contribution in [3.05, 3.63) is 0 Å². The maximum atomic E-state index is 11.3. The van der Waals surface area contributed by atoms with Gasteiger partial charge in [-0.1, -0.05) is 32.0 Å². The second-order valence-electron chi connectivity index (χ2n) is 3.05. The number of aromatic amines is 1. The van der Waals surface area contributed by atoms with Crippen LogP contribution >= 0.6 is 11.8 Å². The first kappa shape index (κ1) is 12.0. The van der Waals surface area contributed by atoms with Gasteiger partial charge in [-0.15, -0.1) is 5.10 Å². The van der Waals surface area contributed by atoms with Crippen LogP contribution in [0.2, 0.25) is 0 Å². The van der Waals surface area contributed by atoms with Gasteiger partial charge in [0.05, 0.1) is 0 Å². The van der Waals surface area contributed by atoms with Gasteiger partial charge < -0.3 is 0 Å². The largest absolute Gasteiger partial charge is 0.295 e. The summed E-state index contributed by atoms with van der Waals surface area (Å²) in [5, 5.41) is 9.98. The molecule has 1 amide bonds. The Balaban J connectivity index is 2.39. The Morgan fingerprint density at radius 2 is 2.33 bits per heavy atom. The third-order valence-electron chi connectivity index (χ3n) is 1.75. The van der Waals surface area contributed by atoms with Crippen molar-refractivity contribution in [2.45, 2.75) is 38.3 Å². The summed E-state index contributed by atoms with van der Waals surface area (Å²) in [6.07, 6.45) is 2.45. The summed E-state index contributed by atoms with van der Waals surface area (Å²) in [6, 6.07) is 0. The van der Waals surface area contributed by atoms with Crippen molar-refractivity contribution in [3.63, 3.8) is 0 Å². The number of carbonyl (C=O) groups excluding carboxylic acids is 1. The van der Waals surface area contributed by atoms with Crippen LogP contribution in [0, 0.1) is 0 Å². The van der Waals surface area contributed by atoms with Crippen LogP contribution < -0.4 is 5.32 Å². The highest BCUT2D eigenvalue weighted by Crippen LogP contribution is 2.12. The second kappa shape index (κ2) is 6.44. The van der Waals surface area contributed by atoms with Crippen molar-refractivity contribution in [1.29, 1.82) is 0 Å². The molecule has 0 bridgehead atoms. The third-order valence-corrected chi connectivity index (χ3v) is 2.48. The van der Waals surface area contributed by atoms with Gasteiger partial charge in [-0.25, -0.2) is 5.10 Å². The summed E-state index contributed by atoms with van der Waals surface area (Å²) in [5.41, 5.74) is 0. The number of nitrogens with zero attached hydrogens (tertiary/aromatic N) is 2. The number of carbonyl (C=O) groups is 1. The Morgan fingerprint density at radius 1 is 1.53 bits per heavy atom. The molecule has 0 aliphatic heterocycles. The van der Waals surface area contributed by atoms with E-state index in [0.29, 0.717) is 17.5 Å². The Hall–Kier alpha value is -1.04. The summed E-state index contributed by atoms with van der Waals surface area (Å²) < 4.78 is 0. The number of hydrogen-bond acceptors (Lipinski definition) is 4. The highest BCUT2D eigenvalue weighted by Gasteiger charge is 2.06. The van der Waals surface area contributed by atoms with E-state index in [1.165, 1.54) is 11.8 Å². The van der Waals surface area contributed by atoms with Crippen molar-refractivity contribution in [3.8, 4) is 0 Å². The van der Waals surface area contributed by atoms with Crippen molar-refractivity contribution in [1.82, 2.24) is 15.2 Å². The monoisotopic (exact) mass is 228 g/mol. The third kappa shape index (κ3) is 4.33. The van der Waals surface area contributed by atoms with Gasteiger partial charge in [-0.3, -0.25) is 10.1 Å². The number of anilines is 1. The topological polar surface area (TPSA) is 70.7 Å². The average Bonchev–Trinajstić information content (AvgIpc) is 2.63. The molecular formula is C9H16N4OS. The van der Waals surface area contributed by atoms with Crippen LogP contribution in [-0.4, -0.2) is 26.8 Å². The number of nitrogens with one attached hydrogen (secondary N) is 2. The minimum absolute atomic E-state index is 0.0129. The van der Waals surface area contributed by atoms with Gasteiger partial charge in [0.15, 0.2) is 0 Å². The van der Waals surface area contributed by atoms with Crippen molar-refractivity contribution < 1.29 is 4.79 Å². The maximum absolute atomic E-state index is 11.3. The normalized spacial score (nSPS) is 10.3. The molecule has 1 rings (SSSR count). The Bertz CT molecular complexity index is 313. The van der Waals surface area contributed by atoms with E-state index in [1.54, 1.807) is 0 Å². The van der Waals surface area contributed by atoms with E-state index in [0.717, 1.165) is 18.6 Å². The van der Waals surface area contributed by atoms with Gasteiger partial charge in [0.1, 0.15) is 0 Å². The maximum Gasteiger partial charge on any atom is 0.226 e. The number of amides is 1. The van der Waals surface area contributed by atoms with Crippen LogP contribution in [0.25, 0.3) is 0 Å². The zero-order valence-electron chi connectivity index (χ0n) is 9.04. The van der Waals surface area contributed by atoms with E-state index in [4.69, 9.17) is 0 Å². The molecule has 0 aliphatic carbocycles. The highest BCUT2D eigenvalue weighted by molar-refractivity contribution is 7.99. The van der Waals surface area contributed by atoms with Crippen LogP contribution in [0.3, 0.4) is 0 Å². The highest BCUT2D eigenvalue weighted by atomic mass is 32.2. The lowest BCUT2D eigenvalue weighted by Crippen LogP contribution is -2.12. The van der Waals surface area contributed by atoms with Crippen LogP contribution in [0.5, 0.6) is 0 Å². The lowest BCUT2D eigenvalue weighted by Gasteiger charge is -1.98. The standard InChI is InChI=1S/C9H16N4OS/c1-3-5-6-7(14)10-8-11-9(13-12-8)15-4-2/h3-6H2,1-2H3,(H2,10,11,12,13,14). The molecule has 0 fully saturated rings. The van der Waals surface area contributed by atoms with Gasteiger partial charge >= 0.3 is 0 Å². The van der Waals surface area contributed by atoms with E-state index < -0.39 is 0 Å². The molecule has 1 aromatic rings. The molecule has 1 aromatic heterocycles. The summed E-state index contributed by atoms with van der Waals surface area (Å²) in [5.74, 6) is 1.34. The van der Waals surface area contributed by atoms with Crippen LogP contribution in [0.1, 0.15) is 33.1 Å². The molecule has 15 heavy (non-hydrogen) atoms. The van der Waals surface area contributed by atoms with Crippen LogP contribution in [0.15, 0.2) is 5.16 Å². The lowest BCUT2D eigenvalue weighted by atomic mass is 10.2. The zero-order chi connectivity index (χ0) is 11.1. The van der Waals surface area contributed by atoms with Gasteiger partial charge in [0.2, 0.25) is 17.0 Å². The van der Waals surface area contributed by atoms with Gasteiger partial charge in [0.25, 0.3) is 0 Å². The van der Waals surface area contributed by atoms with Gasteiger partial charge in [-0.05, 0) is 12.2 Å². The molecule has 0 spiro atoms. The first-order chi connectivity index (χ1) is 7.26. The molecule has 1 heterocycles. The molecule has 0 unspecified atom stereocenters. The Kier molecular flexibility index (Phi) is 5.17. The number of aromatic nitrogens is 3. The van der Waals surface area contributed by atoms with E-state index in [2.05, 4.69) is 27.4 Å². The molecule has 5 nitrogen and oxygen atoms in total. The molecule has 2 N–H and O–H groups in total. The predicted molar refractivity (Wildman–Crippen MR) is 60.9 cm³/mol. The van der Waals surface area contributed by atoms with Crippen molar-refractivity contribution in [2.75, 3.05) is 11.1 Å². The summed E-state index contributed by atoms with van der Waals surface area (Å²) in [7, 11) is 0. The average molecular weight is 228 g/mol. The number of H-pyrrole nitrogens is 1. The number of unbranched alkanes of at least 4 members (excludes halogenated alkanes) is 1. The lowest BCUT2D eigenvalue weighted by molar-refractivity contribution is -0.116. The molecule has 0 radical (unpaired) electrons. The SMILES string of the molecule is CCCCC(=O)Nc1nc(SCC)n[nH]1. The quantitative estimate of drug-likeness (QED) is 0.731. The number of rotatable bonds is 6. The Labute approximate surface area is 93.4 Å². The first-order valence-electron chi connectivity index (χ1n) is 5.11. The van der Waals surface area contributed by atoms with Crippen LogP contribution in [0.4, 0.5) is 5.95 Å². The predicted octanol–water partition coefficient (Wildman–Crippen LogP) is 2.05. The van der Waals surface area contributed by atoms with Crippen molar-refractivity contribution in [2.24, 2.45) is 0 Å². The minimum Gasteiger partial charge on any atom is -0.295 e. The molecule has 84 valence electrons. The minimum atomic E-state index is -0.0129. The summed E-state index contributed by atoms with van der Waals surface area (Å²) >= 11 is 1.54. The molecule has 6 heteroatoms. The first-order valence-corrected chi connectivity index (χ1v) is 6.09. The Morgan fingerprint density at radius 3 is 3.00 bits per heavy atom. The fourth-order valence-corrected chi connectivity index (χ4v) is 1.55. The molecule has 0 saturated heterocycles. The van der Waals surface area contributed by atoms with E-state index in [-0.39, 0.29) is 5.91 Å². The molecular weight excluding hydrogens is 212 g/mol. The number of thioether (sulfide) groups is 1. The molecule has 0 aromatic carbocycles. The molecule has 0 atom stereocenters. The molecule has 0 saturated carbocycles. The van der Waals surface area contributed by atoms with Crippen molar-refractivity contribution >= 4 is 23.6 Å². The number of hydrogen-bond donors (Lipinski definition) is 2. The fraction of sp³-hybridized carbons (Fsp3) is 0.667. The second-order valence-corrected chi connectivity index (χ2v) is 4.28. The fourth-order valence-electron chi connectivity index (χ4n) is 1.03.